The van der Waals surface area contributed by atoms with Crippen LogP contribution >= 0.6 is 0 Å². The molecule has 0 radical (unpaired) electrons. The molecule has 1 N–H and O–H groups in total. The number of amides is 1. The van der Waals surface area contributed by atoms with E-state index in [0.29, 0.717) is 35.7 Å². The molecule has 0 aliphatic carbocycles. The maximum atomic E-state index is 12.9. The van der Waals surface area contributed by atoms with Gasteiger partial charge in [-0.25, -0.2) is 4.52 Å². The van der Waals surface area contributed by atoms with Crippen LogP contribution in [0.3, 0.4) is 0 Å². The van der Waals surface area contributed by atoms with Gasteiger partial charge in [0.15, 0.2) is 11.5 Å². The van der Waals surface area contributed by atoms with Crippen LogP contribution in [-0.4, -0.2) is 33.4 Å². The van der Waals surface area contributed by atoms with Gasteiger partial charge in [-0.1, -0.05) is 12.1 Å². The first-order valence-electron chi connectivity index (χ1n) is 10.3. The van der Waals surface area contributed by atoms with Gasteiger partial charge < -0.3 is 19.4 Å². The molecule has 2 aromatic heterocycles. The summed E-state index contributed by atoms with van der Waals surface area (Å²) in [6.07, 6.45) is 3.43. The van der Waals surface area contributed by atoms with Gasteiger partial charge in [0, 0.05) is 36.6 Å². The number of aromatic nitrogens is 3. The Morgan fingerprint density at radius 3 is 2.72 bits per heavy atom. The number of benzene rings is 2. The molecule has 32 heavy (non-hydrogen) atoms. The summed E-state index contributed by atoms with van der Waals surface area (Å²) < 4.78 is 13.7. The molecular formula is C24H22N4O4. The number of hydrogen-bond donors (Lipinski definition) is 1. The van der Waals surface area contributed by atoms with Gasteiger partial charge in [-0.05, 0) is 55.3 Å². The van der Waals surface area contributed by atoms with E-state index in [2.05, 4.69) is 36.4 Å². The molecule has 4 aromatic rings. The average Bonchev–Trinajstić information content (AvgIpc) is 3.44. The van der Waals surface area contributed by atoms with Crippen molar-refractivity contribution in [2.24, 2.45) is 0 Å². The number of nitrogens with one attached hydrogen (secondary N) is 1. The molecule has 0 saturated heterocycles. The molecule has 162 valence electrons. The summed E-state index contributed by atoms with van der Waals surface area (Å²) in [5.41, 5.74) is 4.91. The minimum absolute atomic E-state index is 0.158. The van der Waals surface area contributed by atoms with E-state index in [1.807, 2.05) is 6.07 Å². The predicted octanol–water partition coefficient (Wildman–Crippen LogP) is 2.94. The summed E-state index contributed by atoms with van der Waals surface area (Å²) in [7, 11) is 0. The smallest absolute Gasteiger partial charge is 0.276 e. The first kappa shape index (κ1) is 19.9. The number of fused-ring (bicyclic) bond motifs is 2. The number of aryl methyl sites for hydroxylation is 2. The van der Waals surface area contributed by atoms with Gasteiger partial charge in [0.1, 0.15) is 5.52 Å². The lowest BCUT2D eigenvalue weighted by Gasteiger charge is -2.08. The standard InChI is InChI=1S/C24H22N4O4/c1-15-3-4-17(11-16(15)2)19-13-20-24(30)27(9-10-28(20)26-19)8-7-25-23(29)18-5-6-21-22(12-18)32-14-31-21/h3-6,9-13H,7-8,14H2,1-2H3,(H,25,29). The first-order chi connectivity index (χ1) is 15.5. The highest BCUT2D eigenvalue weighted by molar-refractivity contribution is 5.94. The van der Waals surface area contributed by atoms with Crippen molar-refractivity contribution in [2.75, 3.05) is 13.3 Å². The Morgan fingerprint density at radius 2 is 1.88 bits per heavy atom. The Labute approximate surface area is 184 Å². The highest BCUT2D eigenvalue weighted by atomic mass is 16.7. The van der Waals surface area contributed by atoms with Gasteiger partial charge in [-0.3, -0.25) is 9.59 Å². The van der Waals surface area contributed by atoms with Crippen molar-refractivity contribution >= 4 is 11.4 Å². The van der Waals surface area contributed by atoms with Gasteiger partial charge in [-0.15, -0.1) is 0 Å². The van der Waals surface area contributed by atoms with Crippen molar-refractivity contribution in [1.82, 2.24) is 19.5 Å². The highest BCUT2D eigenvalue weighted by Gasteiger charge is 2.16. The molecule has 5 rings (SSSR count). The van der Waals surface area contributed by atoms with E-state index in [9.17, 15) is 9.59 Å². The summed E-state index contributed by atoms with van der Waals surface area (Å²) in [6, 6.07) is 13.0. The third-order valence-corrected chi connectivity index (χ3v) is 5.68. The zero-order valence-electron chi connectivity index (χ0n) is 17.8. The Morgan fingerprint density at radius 1 is 1.03 bits per heavy atom. The van der Waals surface area contributed by atoms with Crippen LogP contribution in [0.2, 0.25) is 0 Å². The minimum atomic E-state index is -0.237. The van der Waals surface area contributed by atoms with Crippen molar-refractivity contribution < 1.29 is 14.3 Å². The zero-order valence-corrected chi connectivity index (χ0v) is 17.8. The van der Waals surface area contributed by atoms with Crippen LogP contribution in [-0.2, 0) is 6.54 Å². The van der Waals surface area contributed by atoms with E-state index >= 15 is 0 Å². The maximum Gasteiger partial charge on any atom is 0.276 e. The Kier molecular flexibility index (Phi) is 4.89. The molecule has 0 saturated carbocycles. The lowest BCUT2D eigenvalue weighted by Crippen LogP contribution is -2.31. The maximum absolute atomic E-state index is 12.9. The SMILES string of the molecule is Cc1ccc(-c2cc3c(=O)n(CCNC(=O)c4ccc5c(c4)OCO5)ccn3n2)cc1C. The monoisotopic (exact) mass is 430 g/mol. The van der Waals surface area contributed by atoms with E-state index < -0.39 is 0 Å². The van der Waals surface area contributed by atoms with E-state index in [1.54, 1.807) is 45.7 Å². The molecule has 1 amide bonds. The summed E-state index contributed by atoms with van der Waals surface area (Å²) in [5, 5.41) is 7.38. The van der Waals surface area contributed by atoms with Crippen LogP contribution in [0.4, 0.5) is 0 Å². The number of carbonyl (C=O) groups excluding carboxylic acids is 1. The van der Waals surface area contributed by atoms with Crippen LogP contribution in [0.5, 0.6) is 11.5 Å². The Balaban J connectivity index is 1.30. The molecule has 1 aliphatic rings. The second-order valence-corrected chi connectivity index (χ2v) is 7.78. The number of hydrogen-bond acceptors (Lipinski definition) is 5. The fourth-order valence-corrected chi connectivity index (χ4v) is 3.67. The average molecular weight is 430 g/mol. The predicted molar refractivity (Wildman–Crippen MR) is 119 cm³/mol. The quantitative estimate of drug-likeness (QED) is 0.526. The minimum Gasteiger partial charge on any atom is -0.454 e. The van der Waals surface area contributed by atoms with Crippen molar-refractivity contribution in [3.8, 4) is 22.8 Å². The number of carbonyl (C=O) groups is 1. The number of nitrogens with zero attached hydrogens (tertiary/aromatic N) is 3. The van der Waals surface area contributed by atoms with Crippen LogP contribution in [0, 0.1) is 13.8 Å². The van der Waals surface area contributed by atoms with E-state index in [0.717, 1.165) is 11.3 Å². The van der Waals surface area contributed by atoms with Crippen molar-refractivity contribution in [1.29, 1.82) is 0 Å². The van der Waals surface area contributed by atoms with Crippen LogP contribution in [0.1, 0.15) is 21.5 Å². The summed E-state index contributed by atoms with van der Waals surface area (Å²) in [4.78, 5) is 25.4. The van der Waals surface area contributed by atoms with Crippen molar-refractivity contribution in [3.63, 3.8) is 0 Å². The molecule has 8 heteroatoms. The fourth-order valence-electron chi connectivity index (χ4n) is 3.67. The third-order valence-electron chi connectivity index (χ3n) is 5.68. The highest BCUT2D eigenvalue weighted by Crippen LogP contribution is 2.32. The fraction of sp³-hybridized carbons (Fsp3) is 0.208. The summed E-state index contributed by atoms with van der Waals surface area (Å²) in [5.74, 6) is 0.945. The second kappa shape index (κ2) is 7.88. The molecule has 1 aliphatic heterocycles. The lowest BCUT2D eigenvalue weighted by molar-refractivity contribution is 0.0951. The van der Waals surface area contributed by atoms with Crippen LogP contribution in [0.25, 0.3) is 16.8 Å². The zero-order chi connectivity index (χ0) is 22.2. The van der Waals surface area contributed by atoms with Crippen LogP contribution in [0.15, 0.2) is 59.7 Å². The lowest BCUT2D eigenvalue weighted by atomic mass is 10.0. The molecule has 3 heterocycles. The molecule has 8 nitrogen and oxygen atoms in total. The molecule has 0 spiro atoms. The topological polar surface area (TPSA) is 86.9 Å². The van der Waals surface area contributed by atoms with Gasteiger partial charge in [0.25, 0.3) is 11.5 Å². The molecule has 0 unspecified atom stereocenters. The first-order valence-corrected chi connectivity index (χ1v) is 10.3. The molecule has 0 fully saturated rings. The second-order valence-electron chi connectivity index (χ2n) is 7.78. The van der Waals surface area contributed by atoms with Gasteiger partial charge in [0.2, 0.25) is 6.79 Å². The van der Waals surface area contributed by atoms with Crippen molar-refractivity contribution in [2.45, 2.75) is 20.4 Å². The Hall–Kier alpha value is -4.07. The van der Waals surface area contributed by atoms with Gasteiger partial charge >= 0.3 is 0 Å². The van der Waals surface area contributed by atoms with Crippen molar-refractivity contribution in [3.05, 3.63) is 81.9 Å². The number of ether oxygens (including phenoxy) is 2. The molecule has 0 atom stereocenters. The molecule has 2 aromatic carbocycles. The summed E-state index contributed by atoms with van der Waals surface area (Å²) in [6.45, 7) is 4.93. The van der Waals surface area contributed by atoms with Gasteiger partial charge in [0.05, 0.1) is 5.69 Å². The summed E-state index contributed by atoms with van der Waals surface area (Å²) >= 11 is 0. The molecule has 0 bridgehead atoms. The Bertz CT molecular complexity index is 1400. The molecular weight excluding hydrogens is 408 g/mol. The van der Waals surface area contributed by atoms with Crippen LogP contribution < -0.4 is 20.3 Å². The number of rotatable bonds is 5. The van der Waals surface area contributed by atoms with E-state index in [-0.39, 0.29) is 18.3 Å². The normalized spacial score (nSPS) is 12.3. The largest absolute Gasteiger partial charge is 0.454 e. The van der Waals surface area contributed by atoms with Gasteiger partial charge in [-0.2, -0.15) is 5.10 Å². The van der Waals surface area contributed by atoms with E-state index in [4.69, 9.17) is 9.47 Å². The third kappa shape index (κ3) is 3.60. The van der Waals surface area contributed by atoms with E-state index in [1.165, 1.54) is 11.1 Å².